The van der Waals surface area contributed by atoms with Crippen molar-refractivity contribution < 1.29 is 14.0 Å². The van der Waals surface area contributed by atoms with E-state index in [9.17, 15) is 9.59 Å². The molecule has 0 saturated carbocycles. The highest BCUT2D eigenvalue weighted by molar-refractivity contribution is 6.01. The van der Waals surface area contributed by atoms with E-state index < -0.39 is 6.04 Å². The molecule has 0 saturated heterocycles. The molecule has 23 heavy (non-hydrogen) atoms. The molecule has 1 aliphatic heterocycles. The second-order valence-corrected chi connectivity index (χ2v) is 6.08. The molecule has 2 heterocycles. The van der Waals surface area contributed by atoms with E-state index in [0.29, 0.717) is 24.4 Å². The second-order valence-electron chi connectivity index (χ2n) is 6.08. The van der Waals surface area contributed by atoms with Gasteiger partial charge in [-0.1, -0.05) is 32.0 Å². The van der Waals surface area contributed by atoms with Gasteiger partial charge in [0.05, 0.1) is 12.8 Å². The van der Waals surface area contributed by atoms with Gasteiger partial charge in [-0.2, -0.15) is 0 Å². The van der Waals surface area contributed by atoms with E-state index in [2.05, 4.69) is 5.32 Å². The lowest BCUT2D eigenvalue weighted by Crippen LogP contribution is -2.49. The van der Waals surface area contributed by atoms with Gasteiger partial charge < -0.3 is 14.6 Å². The molecule has 0 spiro atoms. The Morgan fingerprint density at radius 1 is 1.26 bits per heavy atom. The minimum Gasteiger partial charge on any atom is -0.467 e. The fourth-order valence-corrected chi connectivity index (χ4v) is 3.00. The van der Waals surface area contributed by atoms with Crippen molar-refractivity contribution in [3.05, 3.63) is 59.5 Å². The Morgan fingerprint density at radius 3 is 2.70 bits per heavy atom. The van der Waals surface area contributed by atoms with Gasteiger partial charge in [0.15, 0.2) is 0 Å². The summed E-state index contributed by atoms with van der Waals surface area (Å²) in [6.45, 7) is 4.71. The van der Waals surface area contributed by atoms with Gasteiger partial charge in [0.25, 0.3) is 5.91 Å². The van der Waals surface area contributed by atoms with Crippen LogP contribution in [0, 0.1) is 5.92 Å². The summed E-state index contributed by atoms with van der Waals surface area (Å²) in [5, 5.41) is 2.86. The highest BCUT2D eigenvalue weighted by atomic mass is 16.3. The molecule has 1 atom stereocenters. The third-order valence-electron chi connectivity index (χ3n) is 4.10. The maximum atomic E-state index is 12.6. The van der Waals surface area contributed by atoms with Crippen LogP contribution in [0.3, 0.4) is 0 Å². The molecular weight excluding hydrogens is 292 g/mol. The normalized spacial score (nSPS) is 14.9. The number of benzene rings is 1. The maximum absolute atomic E-state index is 12.6. The van der Waals surface area contributed by atoms with Gasteiger partial charge in [0, 0.05) is 12.1 Å². The van der Waals surface area contributed by atoms with Gasteiger partial charge in [-0.05, 0) is 29.7 Å². The molecule has 0 fully saturated rings. The maximum Gasteiger partial charge on any atom is 0.255 e. The van der Waals surface area contributed by atoms with Gasteiger partial charge >= 0.3 is 0 Å². The Balaban J connectivity index is 1.75. The lowest BCUT2D eigenvalue weighted by molar-refractivity contribution is -0.127. The van der Waals surface area contributed by atoms with E-state index in [-0.39, 0.29) is 17.7 Å². The fraction of sp³-hybridized carbons (Fsp3) is 0.333. The van der Waals surface area contributed by atoms with E-state index in [1.807, 2.05) is 44.2 Å². The summed E-state index contributed by atoms with van der Waals surface area (Å²) in [6.07, 6.45) is 1.57. The largest absolute Gasteiger partial charge is 0.467 e. The summed E-state index contributed by atoms with van der Waals surface area (Å²) in [5.41, 5.74) is 1.67. The molecule has 2 aromatic rings. The Hall–Kier alpha value is -2.56. The van der Waals surface area contributed by atoms with E-state index in [4.69, 9.17) is 4.42 Å². The van der Waals surface area contributed by atoms with Gasteiger partial charge in [-0.3, -0.25) is 9.59 Å². The lowest BCUT2D eigenvalue weighted by Gasteiger charge is -2.29. The molecule has 1 aliphatic rings. The van der Waals surface area contributed by atoms with E-state index in [1.54, 1.807) is 17.2 Å². The molecule has 0 aliphatic carbocycles. The number of fused-ring (bicyclic) bond motifs is 1. The van der Waals surface area contributed by atoms with Crippen molar-refractivity contribution in [1.82, 2.24) is 10.2 Å². The van der Waals surface area contributed by atoms with Crippen LogP contribution in [-0.2, 0) is 17.9 Å². The molecular formula is C18H20N2O3. The number of hydrogen-bond donors (Lipinski definition) is 1. The summed E-state index contributed by atoms with van der Waals surface area (Å²) in [7, 11) is 0. The highest BCUT2D eigenvalue weighted by Crippen LogP contribution is 2.27. The van der Waals surface area contributed by atoms with Crippen LogP contribution in [0.15, 0.2) is 47.1 Å². The molecule has 3 rings (SSSR count). The summed E-state index contributed by atoms with van der Waals surface area (Å²) >= 11 is 0. The van der Waals surface area contributed by atoms with Crippen molar-refractivity contribution in [3.63, 3.8) is 0 Å². The summed E-state index contributed by atoms with van der Waals surface area (Å²) in [5.74, 6) is 0.478. The van der Waals surface area contributed by atoms with Crippen molar-refractivity contribution in [2.75, 3.05) is 0 Å². The molecule has 120 valence electrons. The van der Waals surface area contributed by atoms with Gasteiger partial charge in [-0.15, -0.1) is 0 Å². The molecule has 1 aromatic heterocycles. The number of furan rings is 1. The lowest BCUT2D eigenvalue weighted by atomic mass is 10.0. The first kappa shape index (κ1) is 15.3. The molecule has 1 aromatic carbocycles. The minimum atomic E-state index is -0.495. The Kier molecular flexibility index (Phi) is 4.19. The highest BCUT2D eigenvalue weighted by Gasteiger charge is 2.37. The molecule has 0 radical (unpaired) electrons. The molecule has 1 N–H and O–H groups in total. The van der Waals surface area contributed by atoms with Crippen LogP contribution in [0.2, 0.25) is 0 Å². The Morgan fingerprint density at radius 2 is 2.04 bits per heavy atom. The average Bonchev–Trinajstić information content (AvgIpc) is 3.15. The van der Waals surface area contributed by atoms with Crippen molar-refractivity contribution >= 4 is 11.8 Å². The fourth-order valence-electron chi connectivity index (χ4n) is 3.00. The minimum absolute atomic E-state index is 0.0184. The van der Waals surface area contributed by atoms with Gasteiger partial charge in [0.1, 0.15) is 11.8 Å². The van der Waals surface area contributed by atoms with E-state index in [0.717, 1.165) is 5.56 Å². The second kappa shape index (κ2) is 6.28. The van der Waals surface area contributed by atoms with Gasteiger partial charge in [0.2, 0.25) is 5.91 Å². The van der Waals surface area contributed by atoms with Crippen LogP contribution in [0.5, 0.6) is 0 Å². The van der Waals surface area contributed by atoms with E-state index >= 15 is 0 Å². The third kappa shape index (κ3) is 2.99. The number of amides is 2. The summed E-state index contributed by atoms with van der Waals surface area (Å²) in [4.78, 5) is 26.9. The predicted molar refractivity (Wildman–Crippen MR) is 85.5 cm³/mol. The predicted octanol–water partition coefficient (Wildman–Crippen LogP) is 2.58. The monoisotopic (exact) mass is 312 g/mol. The molecule has 5 nitrogen and oxygen atoms in total. The zero-order valence-corrected chi connectivity index (χ0v) is 13.3. The first-order chi connectivity index (χ1) is 11.1. The van der Waals surface area contributed by atoms with Gasteiger partial charge in [-0.25, -0.2) is 0 Å². The van der Waals surface area contributed by atoms with Crippen molar-refractivity contribution in [3.8, 4) is 0 Å². The topological polar surface area (TPSA) is 62.6 Å². The number of hydrogen-bond acceptors (Lipinski definition) is 3. The van der Waals surface area contributed by atoms with Crippen LogP contribution in [-0.4, -0.2) is 22.8 Å². The van der Waals surface area contributed by atoms with Crippen LogP contribution < -0.4 is 5.32 Å². The number of carbonyl (C=O) groups excluding carboxylic acids is 2. The van der Waals surface area contributed by atoms with Crippen molar-refractivity contribution in [2.24, 2.45) is 5.92 Å². The number of nitrogens with zero attached hydrogens (tertiary/aromatic N) is 1. The van der Waals surface area contributed by atoms with Crippen LogP contribution in [0.1, 0.15) is 35.5 Å². The average molecular weight is 312 g/mol. The molecule has 5 heteroatoms. The zero-order chi connectivity index (χ0) is 16.4. The van der Waals surface area contributed by atoms with Crippen LogP contribution >= 0.6 is 0 Å². The zero-order valence-electron chi connectivity index (χ0n) is 13.3. The number of nitrogens with one attached hydrogen (secondary N) is 1. The van der Waals surface area contributed by atoms with E-state index in [1.165, 1.54) is 0 Å². The first-order valence-corrected chi connectivity index (χ1v) is 7.77. The Labute approximate surface area is 135 Å². The smallest absolute Gasteiger partial charge is 0.255 e. The molecule has 2 amide bonds. The van der Waals surface area contributed by atoms with Crippen molar-refractivity contribution in [1.29, 1.82) is 0 Å². The standard InChI is InChI=1S/C18H20N2O3/c1-12(2)16(17(21)19-10-14-7-5-9-23-14)20-11-13-6-3-4-8-15(13)18(20)22/h3-9,12,16H,10-11H2,1-2H3,(H,19,21)/t16-/m1/s1. The third-order valence-corrected chi connectivity index (χ3v) is 4.10. The molecule has 0 unspecified atom stereocenters. The molecule has 0 bridgehead atoms. The first-order valence-electron chi connectivity index (χ1n) is 7.77. The SMILES string of the molecule is CC(C)[C@H](C(=O)NCc1ccco1)N1Cc2ccccc2C1=O. The summed E-state index contributed by atoms with van der Waals surface area (Å²) in [6, 6.07) is 10.6. The van der Waals surface area contributed by atoms with Crippen LogP contribution in [0.25, 0.3) is 0 Å². The quantitative estimate of drug-likeness (QED) is 0.923. The Bertz CT molecular complexity index is 707. The van der Waals surface area contributed by atoms with Crippen LogP contribution in [0.4, 0.5) is 0 Å². The van der Waals surface area contributed by atoms with Crippen molar-refractivity contribution in [2.45, 2.75) is 33.0 Å². The summed E-state index contributed by atoms with van der Waals surface area (Å²) < 4.78 is 5.23. The number of rotatable bonds is 5. The number of carbonyl (C=O) groups is 2.